The molecular formula is C22H24BClN2O2. The molecule has 1 aromatic carbocycles. The number of halogens is 1. The lowest BCUT2D eigenvalue weighted by molar-refractivity contribution is -0.111. The fourth-order valence-corrected chi connectivity index (χ4v) is 4.79. The lowest BCUT2D eigenvalue weighted by atomic mass is 9.73. The van der Waals surface area contributed by atoms with Crippen LogP contribution in [0.5, 0.6) is 0 Å². The Morgan fingerprint density at radius 1 is 1.29 bits per heavy atom. The summed E-state index contributed by atoms with van der Waals surface area (Å²) in [5, 5.41) is 10.5. The second-order valence-corrected chi connectivity index (χ2v) is 8.24. The lowest BCUT2D eigenvalue weighted by Gasteiger charge is -2.37. The van der Waals surface area contributed by atoms with Crippen LogP contribution in [0.1, 0.15) is 48.1 Å². The van der Waals surface area contributed by atoms with Crippen molar-refractivity contribution in [3.8, 4) is 0 Å². The average molecular weight is 395 g/mol. The van der Waals surface area contributed by atoms with Gasteiger partial charge in [-0.2, -0.15) is 0 Å². The molecule has 1 saturated heterocycles. The molecule has 144 valence electrons. The highest BCUT2D eigenvalue weighted by atomic mass is 35.5. The zero-order chi connectivity index (χ0) is 19.8. The first-order valence-corrected chi connectivity index (χ1v) is 10.2. The number of piperidine rings is 1. The van der Waals surface area contributed by atoms with E-state index in [-0.39, 0.29) is 11.7 Å². The summed E-state index contributed by atoms with van der Waals surface area (Å²) in [6, 6.07) is 9.84. The summed E-state index contributed by atoms with van der Waals surface area (Å²) in [5.74, 6) is 0.527. The van der Waals surface area contributed by atoms with E-state index in [0.29, 0.717) is 16.5 Å². The van der Waals surface area contributed by atoms with Gasteiger partial charge in [0.15, 0.2) is 5.78 Å². The third-order valence-corrected chi connectivity index (χ3v) is 6.29. The van der Waals surface area contributed by atoms with Crippen molar-refractivity contribution in [2.45, 2.75) is 32.5 Å². The smallest absolute Gasteiger partial charge is 0.376 e. The number of ketones is 1. The summed E-state index contributed by atoms with van der Waals surface area (Å²) in [4.78, 5) is 19.3. The third-order valence-electron chi connectivity index (χ3n) is 6.06. The van der Waals surface area contributed by atoms with Crippen molar-refractivity contribution < 1.29 is 9.82 Å². The summed E-state index contributed by atoms with van der Waals surface area (Å²) in [5.41, 5.74) is 4.76. The fraction of sp³-hybridized carbons (Fsp3) is 0.364. The van der Waals surface area contributed by atoms with Gasteiger partial charge in [0.2, 0.25) is 0 Å². The van der Waals surface area contributed by atoms with Gasteiger partial charge in [0.25, 0.3) is 0 Å². The van der Waals surface area contributed by atoms with E-state index in [0.717, 1.165) is 48.3 Å². The molecule has 1 aliphatic heterocycles. The maximum atomic E-state index is 12.5. The number of pyridine rings is 1. The maximum absolute atomic E-state index is 12.5. The van der Waals surface area contributed by atoms with E-state index in [1.165, 1.54) is 0 Å². The van der Waals surface area contributed by atoms with Crippen LogP contribution in [-0.2, 0) is 4.79 Å². The minimum absolute atomic E-state index is 0.0305. The van der Waals surface area contributed by atoms with E-state index in [4.69, 9.17) is 16.6 Å². The van der Waals surface area contributed by atoms with Gasteiger partial charge in [-0.05, 0) is 86.6 Å². The molecule has 6 heteroatoms. The van der Waals surface area contributed by atoms with Gasteiger partial charge in [0, 0.05) is 22.7 Å². The summed E-state index contributed by atoms with van der Waals surface area (Å²) >= 11 is 6.31. The van der Waals surface area contributed by atoms with Crippen molar-refractivity contribution >= 4 is 36.1 Å². The van der Waals surface area contributed by atoms with Crippen molar-refractivity contribution in [1.29, 1.82) is 0 Å². The Hall–Kier alpha value is -1.95. The van der Waals surface area contributed by atoms with Crippen LogP contribution >= 0.6 is 11.6 Å². The van der Waals surface area contributed by atoms with E-state index >= 15 is 0 Å². The first kappa shape index (κ1) is 19.4. The molecule has 4 rings (SSSR count). The van der Waals surface area contributed by atoms with Gasteiger partial charge in [0.05, 0.1) is 5.69 Å². The molecule has 4 nitrogen and oxygen atoms in total. The zero-order valence-corrected chi connectivity index (χ0v) is 17.0. The number of carbonyl (C=O) groups excluding carboxylic acids is 1. The Morgan fingerprint density at radius 3 is 2.71 bits per heavy atom. The van der Waals surface area contributed by atoms with Gasteiger partial charge < -0.3 is 9.83 Å². The van der Waals surface area contributed by atoms with Crippen LogP contribution in [0, 0.1) is 5.92 Å². The second-order valence-electron chi connectivity index (χ2n) is 7.81. The lowest BCUT2D eigenvalue weighted by Crippen LogP contribution is -2.44. The SMILES string of the molecule is CB(O)N1CCC(C2c3ccc(Cl)cc3C(C(C)=O)=Cc3cccnc32)CC1. The fourth-order valence-electron chi connectivity index (χ4n) is 4.62. The molecule has 0 radical (unpaired) electrons. The monoisotopic (exact) mass is 394 g/mol. The number of allylic oxidation sites excluding steroid dienone is 1. The topological polar surface area (TPSA) is 53.4 Å². The molecule has 1 atom stereocenters. The molecule has 2 aromatic rings. The van der Waals surface area contributed by atoms with Crippen molar-refractivity contribution in [3.05, 3.63) is 63.9 Å². The average Bonchev–Trinajstić information content (AvgIpc) is 2.82. The van der Waals surface area contributed by atoms with Gasteiger partial charge in [-0.15, -0.1) is 0 Å². The van der Waals surface area contributed by atoms with E-state index in [1.807, 2.05) is 43.4 Å². The quantitative estimate of drug-likeness (QED) is 0.795. The number of rotatable bonds is 3. The molecule has 1 N–H and O–H groups in total. The third kappa shape index (κ3) is 3.55. The number of nitrogens with zero attached hydrogens (tertiary/aromatic N) is 2. The molecule has 2 aliphatic rings. The van der Waals surface area contributed by atoms with Crippen LogP contribution in [0.25, 0.3) is 11.6 Å². The van der Waals surface area contributed by atoms with Crippen LogP contribution in [-0.4, -0.2) is 40.7 Å². The van der Waals surface area contributed by atoms with Crippen LogP contribution in [0.4, 0.5) is 0 Å². The Kier molecular flexibility index (Phi) is 5.41. The zero-order valence-electron chi connectivity index (χ0n) is 16.2. The van der Waals surface area contributed by atoms with Gasteiger partial charge in [-0.25, -0.2) is 0 Å². The van der Waals surface area contributed by atoms with Gasteiger partial charge in [0.1, 0.15) is 0 Å². The minimum atomic E-state index is -0.419. The van der Waals surface area contributed by atoms with Gasteiger partial charge in [-0.3, -0.25) is 9.78 Å². The molecule has 0 amide bonds. The highest BCUT2D eigenvalue weighted by Crippen LogP contribution is 2.45. The first-order chi connectivity index (χ1) is 13.5. The Balaban J connectivity index is 1.84. The molecule has 1 aliphatic carbocycles. The van der Waals surface area contributed by atoms with Crippen LogP contribution in [0.3, 0.4) is 0 Å². The Labute approximate surface area is 171 Å². The predicted octanol–water partition coefficient (Wildman–Crippen LogP) is 4.13. The van der Waals surface area contributed by atoms with Crippen LogP contribution < -0.4 is 0 Å². The Morgan fingerprint density at radius 2 is 2.04 bits per heavy atom. The van der Waals surface area contributed by atoms with Crippen molar-refractivity contribution in [2.75, 3.05) is 13.1 Å². The number of hydrogen-bond acceptors (Lipinski definition) is 4. The molecule has 1 unspecified atom stereocenters. The predicted molar refractivity (Wildman–Crippen MR) is 114 cm³/mol. The van der Waals surface area contributed by atoms with Crippen molar-refractivity contribution in [1.82, 2.24) is 9.79 Å². The molecule has 0 spiro atoms. The number of carbonyl (C=O) groups is 1. The molecule has 0 bridgehead atoms. The maximum Gasteiger partial charge on any atom is 0.376 e. The number of hydrogen-bond donors (Lipinski definition) is 1. The highest BCUT2D eigenvalue weighted by molar-refractivity contribution is 6.45. The summed E-state index contributed by atoms with van der Waals surface area (Å²) in [6.07, 6.45) is 5.75. The molecule has 1 aromatic heterocycles. The van der Waals surface area contributed by atoms with E-state index in [9.17, 15) is 9.82 Å². The standard InChI is InChI=1S/C22H24BClN2O2/c1-14(27)19-12-16-4-3-9-25-22(16)21(18-6-5-17(24)13-20(18)19)15-7-10-26(11-8-15)23(2)28/h3-6,9,12-13,15,21,28H,7-8,10-11H2,1-2H3. The summed E-state index contributed by atoms with van der Waals surface area (Å²) in [7, 11) is -0.419. The van der Waals surface area contributed by atoms with E-state index in [1.54, 1.807) is 6.92 Å². The Bertz CT molecular complexity index is 936. The van der Waals surface area contributed by atoms with E-state index in [2.05, 4.69) is 10.9 Å². The number of Topliss-reactive ketones (excluding diaryl/α,β-unsaturated/α-hetero) is 1. The molecule has 2 heterocycles. The van der Waals surface area contributed by atoms with Gasteiger partial charge >= 0.3 is 7.05 Å². The van der Waals surface area contributed by atoms with Crippen LogP contribution in [0.15, 0.2) is 36.5 Å². The molecule has 0 saturated carbocycles. The largest absolute Gasteiger partial charge is 0.437 e. The van der Waals surface area contributed by atoms with Crippen molar-refractivity contribution in [3.63, 3.8) is 0 Å². The van der Waals surface area contributed by atoms with E-state index < -0.39 is 7.05 Å². The molecular weight excluding hydrogens is 371 g/mol. The summed E-state index contributed by atoms with van der Waals surface area (Å²) < 4.78 is 0. The number of aromatic nitrogens is 1. The second kappa shape index (κ2) is 7.82. The summed E-state index contributed by atoms with van der Waals surface area (Å²) in [6.45, 7) is 5.14. The van der Waals surface area contributed by atoms with Gasteiger partial charge in [-0.1, -0.05) is 23.7 Å². The molecule has 1 fully saturated rings. The molecule has 28 heavy (non-hydrogen) atoms. The van der Waals surface area contributed by atoms with Crippen LogP contribution in [0.2, 0.25) is 11.8 Å². The number of fused-ring (bicyclic) bond motifs is 2. The highest BCUT2D eigenvalue weighted by Gasteiger charge is 2.35. The van der Waals surface area contributed by atoms with Crippen molar-refractivity contribution in [2.24, 2.45) is 5.92 Å². The normalized spacial score (nSPS) is 20.0. The first-order valence-electron chi connectivity index (χ1n) is 9.85. The minimum Gasteiger partial charge on any atom is -0.437 e. The number of benzene rings is 1.